The number of aromatic nitrogens is 2. The minimum absolute atomic E-state index is 0.155. The number of hydrogen-bond donors (Lipinski definition) is 2. The minimum Gasteiger partial charge on any atom is -0.385 e. The second-order valence-corrected chi connectivity index (χ2v) is 13.7. The molecule has 2 heterocycles. The van der Waals surface area contributed by atoms with Crippen molar-refractivity contribution in [2.75, 3.05) is 0 Å². The van der Waals surface area contributed by atoms with Crippen LogP contribution in [0.4, 0.5) is 0 Å². The average Bonchev–Trinajstić information content (AvgIpc) is 3.69. The highest BCUT2D eigenvalue weighted by molar-refractivity contribution is 6.25. The fourth-order valence-corrected chi connectivity index (χ4v) is 7.97. The van der Waals surface area contributed by atoms with Gasteiger partial charge in [0.25, 0.3) is 0 Å². The summed E-state index contributed by atoms with van der Waals surface area (Å²) >= 11 is 0. The average molecular weight is 661 g/mol. The molecule has 0 amide bonds. The van der Waals surface area contributed by atoms with E-state index in [4.69, 9.17) is 5.73 Å². The van der Waals surface area contributed by atoms with Crippen LogP contribution in [0.25, 0.3) is 71.5 Å². The zero-order valence-corrected chi connectivity index (χ0v) is 29.0. The Kier molecular flexibility index (Phi) is 7.58. The van der Waals surface area contributed by atoms with Gasteiger partial charge in [-0.1, -0.05) is 109 Å². The predicted octanol–water partition coefficient (Wildman–Crippen LogP) is 11.8. The zero-order valence-electron chi connectivity index (χ0n) is 29.0. The van der Waals surface area contributed by atoms with E-state index in [1.807, 2.05) is 6.08 Å². The van der Waals surface area contributed by atoms with Gasteiger partial charge in [-0.2, -0.15) is 0 Å². The molecule has 0 aliphatic heterocycles. The first-order chi connectivity index (χ1) is 25.0. The third kappa shape index (κ3) is 5.32. The van der Waals surface area contributed by atoms with E-state index in [1.165, 1.54) is 54.5 Å². The molecule has 0 fully saturated rings. The summed E-state index contributed by atoms with van der Waals surface area (Å²) in [5, 5.41) is 11.0. The number of nitrogens with zero attached hydrogens (tertiary/aromatic N) is 2. The molecule has 1 aliphatic carbocycles. The van der Waals surface area contributed by atoms with E-state index in [0.717, 1.165) is 40.8 Å². The van der Waals surface area contributed by atoms with Crippen LogP contribution in [0.5, 0.6) is 0 Å². The summed E-state index contributed by atoms with van der Waals surface area (Å²) in [6.45, 7) is 4.31. The molecule has 8 aromatic rings. The highest BCUT2D eigenvalue weighted by Crippen LogP contribution is 2.41. The Morgan fingerprint density at radius 2 is 1.47 bits per heavy atom. The molecule has 1 aliphatic rings. The quantitative estimate of drug-likeness (QED) is 0.167. The second-order valence-electron chi connectivity index (χ2n) is 13.7. The van der Waals surface area contributed by atoms with Crippen LogP contribution in [0, 0.1) is 0 Å². The highest BCUT2D eigenvalue weighted by atomic mass is 15.1. The number of fused-ring (bicyclic) bond motifs is 8. The summed E-state index contributed by atoms with van der Waals surface area (Å²) in [7, 11) is 0. The van der Waals surface area contributed by atoms with E-state index < -0.39 is 0 Å². The van der Waals surface area contributed by atoms with Gasteiger partial charge in [-0.25, -0.2) is 0 Å². The van der Waals surface area contributed by atoms with Gasteiger partial charge in [0.2, 0.25) is 0 Å². The largest absolute Gasteiger partial charge is 0.385 e. The van der Waals surface area contributed by atoms with Crippen LogP contribution >= 0.6 is 0 Å². The molecule has 9 rings (SSSR count). The van der Waals surface area contributed by atoms with Crippen LogP contribution in [0.3, 0.4) is 0 Å². The van der Waals surface area contributed by atoms with Crippen molar-refractivity contribution in [3.63, 3.8) is 0 Å². The second kappa shape index (κ2) is 12.6. The van der Waals surface area contributed by atoms with Crippen molar-refractivity contribution in [3.8, 4) is 5.69 Å². The molecule has 2 aromatic heterocycles. The number of allylic oxidation sites excluding steroid dienone is 7. The number of para-hydroxylation sites is 2. The lowest BCUT2D eigenvalue weighted by Gasteiger charge is -2.17. The Morgan fingerprint density at radius 1 is 0.706 bits per heavy atom. The van der Waals surface area contributed by atoms with Crippen LogP contribution in [-0.4, -0.2) is 9.13 Å². The molecular formula is C47H40N4. The van der Waals surface area contributed by atoms with Gasteiger partial charge in [0.15, 0.2) is 0 Å². The smallest absolute Gasteiger partial charge is 0.108 e. The maximum atomic E-state index is 7.03. The molecule has 4 nitrogen and oxygen atoms in total. The molecule has 0 radical (unpaired) electrons. The topological polar surface area (TPSA) is 47.9 Å². The summed E-state index contributed by atoms with van der Waals surface area (Å²) in [5.41, 5.74) is 17.7. The van der Waals surface area contributed by atoms with Gasteiger partial charge in [0.1, 0.15) is 5.82 Å². The van der Waals surface area contributed by atoms with Crippen molar-refractivity contribution in [2.24, 2.45) is 5.73 Å². The van der Waals surface area contributed by atoms with Crippen molar-refractivity contribution < 1.29 is 0 Å². The summed E-state index contributed by atoms with van der Waals surface area (Å²) in [6, 6.07) is 46.2. The fraction of sp³-hybridized carbons (Fsp3) is 0.106. The maximum absolute atomic E-state index is 7.03. The normalized spacial score (nSPS) is 14.6. The summed E-state index contributed by atoms with van der Waals surface area (Å²) in [5.74, 6) is 0.668. The third-order valence-corrected chi connectivity index (χ3v) is 10.5. The molecular weight excluding hydrogens is 621 g/mol. The van der Waals surface area contributed by atoms with Gasteiger partial charge < -0.3 is 15.6 Å². The van der Waals surface area contributed by atoms with E-state index in [2.05, 4.69) is 180 Å². The number of hydrogen-bond acceptors (Lipinski definition) is 2. The number of nitrogens with two attached hydrogens (primary N) is 1. The summed E-state index contributed by atoms with van der Waals surface area (Å²) in [6.07, 6.45) is 13.0. The summed E-state index contributed by atoms with van der Waals surface area (Å²) < 4.78 is 4.60. The van der Waals surface area contributed by atoms with Crippen LogP contribution < -0.4 is 11.1 Å². The number of benzene rings is 6. The molecule has 248 valence electrons. The lowest BCUT2D eigenvalue weighted by Crippen LogP contribution is -2.16. The van der Waals surface area contributed by atoms with Crippen molar-refractivity contribution in [2.45, 2.75) is 32.7 Å². The van der Waals surface area contributed by atoms with Crippen LogP contribution in [0.2, 0.25) is 0 Å². The standard InChI is InChI=1S/C47H40N4/c1-31(49-32(2)33-22-24-35(25-23-33)34-13-5-3-6-14-34)21-28-46(48)51-42-20-12-11-19-39(42)40-29-41-45(30-44(40)51)50(37-16-7-4-8-17-37)43-27-26-36-15-9-10-18-38(36)47(41)43/h3-5,7-13,15-30,32,49H,6,14,48H2,1-2H3/b31-21+,46-28+. The lowest BCUT2D eigenvalue weighted by atomic mass is 9.95. The Balaban J connectivity index is 1.14. The van der Waals surface area contributed by atoms with E-state index >= 15 is 0 Å². The molecule has 0 bridgehead atoms. The highest BCUT2D eigenvalue weighted by Gasteiger charge is 2.19. The number of rotatable bonds is 7. The molecule has 6 aromatic carbocycles. The predicted molar refractivity (Wildman–Crippen MR) is 218 cm³/mol. The Hall–Kier alpha value is -6.26. The fourth-order valence-electron chi connectivity index (χ4n) is 7.97. The van der Waals surface area contributed by atoms with Crippen molar-refractivity contribution in [1.82, 2.24) is 14.5 Å². The van der Waals surface area contributed by atoms with Gasteiger partial charge in [-0.05, 0) is 103 Å². The van der Waals surface area contributed by atoms with E-state index in [-0.39, 0.29) is 6.04 Å². The SMILES string of the molecule is C/C(=C\C=C(/N)n1c2ccccc2c2cc3c4c5ccccc5ccc4n(-c4ccccc4)c3cc21)NC(C)c1ccc(C2=CC=CCC2)cc1. The van der Waals surface area contributed by atoms with Gasteiger partial charge in [0, 0.05) is 39.0 Å². The van der Waals surface area contributed by atoms with E-state index in [1.54, 1.807) is 0 Å². The Labute approximate surface area is 298 Å². The molecule has 0 saturated carbocycles. The van der Waals surface area contributed by atoms with Crippen molar-refractivity contribution >= 4 is 65.8 Å². The van der Waals surface area contributed by atoms with Gasteiger partial charge in [0.05, 0.1) is 22.1 Å². The molecule has 1 atom stereocenters. The maximum Gasteiger partial charge on any atom is 0.108 e. The van der Waals surface area contributed by atoms with Crippen molar-refractivity contribution in [1.29, 1.82) is 0 Å². The van der Waals surface area contributed by atoms with Crippen LogP contribution in [0.15, 0.2) is 163 Å². The first kappa shape index (κ1) is 30.8. The molecule has 0 saturated heterocycles. The van der Waals surface area contributed by atoms with Gasteiger partial charge in [-0.15, -0.1) is 0 Å². The third-order valence-electron chi connectivity index (χ3n) is 10.5. The summed E-state index contributed by atoms with van der Waals surface area (Å²) in [4.78, 5) is 0. The van der Waals surface area contributed by atoms with Gasteiger partial charge >= 0.3 is 0 Å². The molecule has 51 heavy (non-hydrogen) atoms. The molecule has 0 spiro atoms. The monoisotopic (exact) mass is 660 g/mol. The van der Waals surface area contributed by atoms with E-state index in [0.29, 0.717) is 5.82 Å². The van der Waals surface area contributed by atoms with Crippen LogP contribution in [0.1, 0.15) is 43.9 Å². The molecule has 3 N–H and O–H groups in total. The first-order valence-electron chi connectivity index (χ1n) is 17.9. The van der Waals surface area contributed by atoms with E-state index in [9.17, 15) is 0 Å². The Bertz CT molecular complexity index is 2730. The van der Waals surface area contributed by atoms with Crippen LogP contribution in [-0.2, 0) is 0 Å². The van der Waals surface area contributed by atoms with Crippen molar-refractivity contribution in [3.05, 3.63) is 175 Å². The Morgan fingerprint density at radius 3 is 2.27 bits per heavy atom. The lowest BCUT2D eigenvalue weighted by molar-refractivity contribution is 0.654. The molecule has 1 unspecified atom stereocenters. The first-order valence-corrected chi connectivity index (χ1v) is 17.9. The zero-order chi connectivity index (χ0) is 34.5. The number of nitrogens with one attached hydrogen (secondary N) is 1. The molecule has 4 heteroatoms. The van der Waals surface area contributed by atoms with Gasteiger partial charge in [-0.3, -0.25) is 4.57 Å². The minimum atomic E-state index is 0.155.